The zero-order chi connectivity index (χ0) is 15.6. The zero-order valence-electron chi connectivity index (χ0n) is 12.7. The first-order chi connectivity index (χ1) is 9.93. The highest BCUT2D eigenvalue weighted by Crippen LogP contribution is 2.30. The normalized spacial score (nSPS) is 12.3. The second-order valence-electron chi connectivity index (χ2n) is 4.95. The second kappa shape index (κ2) is 6.37. The Morgan fingerprint density at radius 2 is 2.14 bits per heavy atom. The van der Waals surface area contributed by atoms with Gasteiger partial charge in [0.15, 0.2) is 0 Å². The Hall–Kier alpha value is -1.72. The topological polar surface area (TPSA) is 62.3 Å². The van der Waals surface area contributed by atoms with Gasteiger partial charge in [-0.05, 0) is 19.9 Å². The van der Waals surface area contributed by atoms with Crippen molar-refractivity contribution < 1.29 is 9.47 Å². The van der Waals surface area contributed by atoms with E-state index in [1.54, 1.807) is 11.8 Å². The van der Waals surface area contributed by atoms with Crippen LogP contribution in [0, 0.1) is 6.92 Å². The largest absolute Gasteiger partial charge is 0.497 e. The summed E-state index contributed by atoms with van der Waals surface area (Å²) >= 11 is 6.23. The zero-order valence-corrected chi connectivity index (χ0v) is 13.4. The van der Waals surface area contributed by atoms with Gasteiger partial charge in [0.1, 0.15) is 18.1 Å². The fourth-order valence-corrected chi connectivity index (χ4v) is 2.34. The summed E-state index contributed by atoms with van der Waals surface area (Å²) < 4.78 is 12.9. The van der Waals surface area contributed by atoms with E-state index in [4.69, 9.17) is 26.8 Å². The fourth-order valence-electron chi connectivity index (χ4n) is 2.13. The van der Waals surface area contributed by atoms with Crippen molar-refractivity contribution in [3.8, 4) is 11.5 Å². The van der Waals surface area contributed by atoms with Gasteiger partial charge in [-0.1, -0.05) is 17.7 Å². The van der Waals surface area contributed by atoms with E-state index in [2.05, 4.69) is 5.10 Å². The van der Waals surface area contributed by atoms with Crippen molar-refractivity contribution in [3.63, 3.8) is 0 Å². The van der Waals surface area contributed by atoms with Crippen LogP contribution in [0.1, 0.15) is 29.9 Å². The van der Waals surface area contributed by atoms with Crippen molar-refractivity contribution in [1.82, 2.24) is 9.78 Å². The minimum absolute atomic E-state index is 0.130. The predicted octanol–water partition coefficient (Wildman–Crippen LogP) is 2.99. The Balaban J connectivity index is 2.26. The number of ether oxygens (including phenoxy) is 2. The van der Waals surface area contributed by atoms with Crippen LogP contribution >= 0.6 is 11.6 Å². The third-order valence-electron chi connectivity index (χ3n) is 3.34. The maximum Gasteiger partial charge on any atom is 0.131 e. The number of hydrogen-bond donors (Lipinski definition) is 1. The molecule has 0 aliphatic carbocycles. The SMILES string of the molecule is COc1ccc(C(C)N)c(OCc2c(Cl)c(C)nn2C)c1. The predicted molar refractivity (Wildman–Crippen MR) is 82.9 cm³/mol. The summed E-state index contributed by atoms with van der Waals surface area (Å²) in [6.45, 7) is 4.10. The molecule has 1 aromatic heterocycles. The highest BCUT2D eigenvalue weighted by molar-refractivity contribution is 6.31. The molecule has 0 fully saturated rings. The van der Waals surface area contributed by atoms with Crippen LogP contribution in [0.4, 0.5) is 0 Å². The number of halogens is 1. The lowest BCUT2D eigenvalue weighted by molar-refractivity contribution is 0.288. The Kier molecular flexibility index (Phi) is 4.75. The summed E-state index contributed by atoms with van der Waals surface area (Å²) in [5.41, 5.74) is 8.51. The van der Waals surface area contributed by atoms with Gasteiger partial charge in [-0.15, -0.1) is 0 Å². The van der Waals surface area contributed by atoms with E-state index in [-0.39, 0.29) is 6.04 Å². The quantitative estimate of drug-likeness (QED) is 0.922. The molecule has 0 saturated carbocycles. The van der Waals surface area contributed by atoms with E-state index in [1.807, 2.05) is 39.1 Å². The standard InChI is InChI=1S/C15H20ClN3O2/c1-9(17)12-6-5-11(20-4)7-14(12)21-8-13-15(16)10(2)18-19(13)3/h5-7,9H,8,17H2,1-4H3. The molecule has 0 radical (unpaired) electrons. The Labute approximate surface area is 129 Å². The second-order valence-corrected chi connectivity index (χ2v) is 5.33. The van der Waals surface area contributed by atoms with Crippen molar-refractivity contribution >= 4 is 11.6 Å². The first-order valence-electron chi connectivity index (χ1n) is 6.68. The van der Waals surface area contributed by atoms with Gasteiger partial charge in [0.05, 0.1) is 23.5 Å². The molecule has 2 aromatic rings. The average Bonchev–Trinajstić information content (AvgIpc) is 2.69. The number of methoxy groups -OCH3 is 1. The van der Waals surface area contributed by atoms with Gasteiger partial charge in [-0.2, -0.15) is 5.10 Å². The molecule has 5 nitrogen and oxygen atoms in total. The van der Waals surface area contributed by atoms with E-state index < -0.39 is 0 Å². The number of benzene rings is 1. The Morgan fingerprint density at radius 3 is 2.67 bits per heavy atom. The molecule has 6 heteroatoms. The van der Waals surface area contributed by atoms with E-state index in [1.165, 1.54) is 0 Å². The van der Waals surface area contributed by atoms with Crippen LogP contribution in [-0.4, -0.2) is 16.9 Å². The Bertz CT molecular complexity index is 638. The molecule has 0 saturated heterocycles. The van der Waals surface area contributed by atoms with Gasteiger partial charge < -0.3 is 15.2 Å². The third kappa shape index (κ3) is 3.31. The highest BCUT2D eigenvalue weighted by Gasteiger charge is 2.14. The first-order valence-corrected chi connectivity index (χ1v) is 7.06. The monoisotopic (exact) mass is 309 g/mol. The average molecular weight is 310 g/mol. The van der Waals surface area contributed by atoms with Crippen molar-refractivity contribution in [3.05, 3.63) is 40.2 Å². The van der Waals surface area contributed by atoms with Crippen LogP contribution in [0.15, 0.2) is 18.2 Å². The molecule has 0 bridgehead atoms. The molecule has 1 atom stereocenters. The lowest BCUT2D eigenvalue weighted by Gasteiger charge is -2.15. The van der Waals surface area contributed by atoms with Gasteiger partial charge in [0.25, 0.3) is 0 Å². The van der Waals surface area contributed by atoms with Gasteiger partial charge >= 0.3 is 0 Å². The summed E-state index contributed by atoms with van der Waals surface area (Å²) in [6, 6.07) is 5.48. The number of rotatable bonds is 5. The van der Waals surface area contributed by atoms with Gasteiger partial charge in [0.2, 0.25) is 0 Å². The molecule has 0 aliphatic rings. The number of aromatic nitrogens is 2. The molecular weight excluding hydrogens is 290 g/mol. The maximum absolute atomic E-state index is 6.23. The molecule has 2 N–H and O–H groups in total. The van der Waals surface area contributed by atoms with Crippen LogP contribution in [-0.2, 0) is 13.7 Å². The van der Waals surface area contributed by atoms with Crippen LogP contribution in [0.2, 0.25) is 5.02 Å². The number of nitrogens with two attached hydrogens (primary N) is 1. The Morgan fingerprint density at radius 1 is 1.43 bits per heavy atom. The smallest absolute Gasteiger partial charge is 0.131 e. The number of hydrogen-bond acceptors (Lipinski definition) is 4. The van der Waals surface area contributed by atoms with E-state index in [0.29, 0.717) is 17.4 Å². The third-order valence-corrected chi connectivity index (χ3v) is 3.83. The van der Waals surface area contributed by atoms with Crippen LogP contribution in [0.5, 0.6) is 11.5 Å². The summed E-state index contributed by atoms with van der Waals surface area (Å²) in [5, 5.41) is 4.90. The molecule has 114 valence electrons. The summed E-state index contributed by atoms with van der Waals surface area (Å²) in [5.74, 6) is 1.42. The van der Waals surface area contributed by atoms with Crippen molar-refractivity contribution in [1.29, 1.82) is 0 Å². The van der Waals surface area contributed by atoms with Crippen molar-refractivity contribution in [2.24, 2.45) is 12.8 Å². The molecular formula is C15H20ClN3O2. The molecule has 1 heterocycles. The first kappa shape index (κ1) is 15.7. The van der Waals surface area contributed by atoms with Gasteiger partial charge in [-0.3, -0.25) is 4.68 Å². The van der Waals surface area contributed by atoms with Crippen LogP contribution in [0.25, 0.3) is 0 Å². The van der Waals surface area contributed by atoms with Crippen LogP contribution < -0.4 is 15.2 Å². The molecule has 1 aromatic carbocycles. The summed E-state index contributed by atoms with van der Waals surface area (Å²) in [6.07, 6.45) is 0. The minimum Gasteiger partial charge on any atom is -0.497 e. The minimum atomic E-state index is -0.130. The van der Waals surface area contributed by atoms with Gasteiger partial charge in [0, 0.05) is 24.7 Å². The lowest BCUT2D eigenvalue weighted by Crippen LogP contribution is -2.09. The molecule has 0 spiro atoms. The van der Waals surface area contributed by atoms with Crippen molar-refractivity contribution in [2.45, 2.75) is 26.5 Å². The van der Waals surface area contributed by atoms with E-state index >= 15 is 0 Å². The number of nitrogens with zero attached hydrogens (tertiary/aromatic N) is 2. The fraction of sp³-hybridized carbons (Fsp3) is 0.400. The van der Waals surface area contributed by atoms with E-state index in [0.717, 1.165) is 22.7 Å². The molecule has 0 amide bonds. The highest BCUT2D eigenvalue weighted by atomic mass is 35.5. The van der Waals surface area contributed by atoms with E-state index in [9.17, 15) is 0 Å². The lowest BCUT2D eigenvalue weighted by atomic mass is 10.1. The molecule has 1 unspecified atom stereocenters. The molecule has 21 heavy (non-hydrogen) atoms. The van der Waals surface area contributed by atoms with Crippen LogP contribution in [0.3, 0.4) is 0 Å². The molecule has 0 aliphatic heterocycles. The maximum atomic E-state index is 6.23. The summed E-state index contributed by atoms with van der Waals surface area (Å²) in [7, 11) is 3.46. The van der Waals surface area contributed by atoms with Gasteiger partial charge in [-0.25, -0.2) is 0 Å². The van der Waals surface area contributed by atoms with Crippen molar-refractivity contribution in [2.75, 3.05) is 7.11 Å². The summed E-state index contributed by atoms with van der Waals surface area (Å²) in [4.78, 5) is 0. The molecule has 2 rings (SSSR count). The number of aryl methyl sites for hydroxylation is 2.